The lowest BCUT2D eigenvalue weighted by Gasteiger charge is -2.07. The molecule has 100 valence electrons. The van der Waals surface area contributed by atoms with Gasteiger partial charge < -0.3 is 10.1 Å². The van der Waals surface area contributed by atoms with Gasteiger partial charge in [0.1, 0.15) is 9.39 Å². The highest BCUT2D eigenvalue weighted by Gasteiger charge is 2.30. The number of benzene rings is 1. The first-order chi connectivity index (χ1) is 8.79. The second-order valence-corrected chi connectivity index (χ2v) is 4.71. The van der Waals surface area contributed by atoms with Crippen LogP contribution in [-0.4, -0.2) is 15.1 Å². The molecular formula is C11H6F3IN2O2. The minimum atomic E-state index is -4.42. The van der Waals surface area contributed by atoms with E-state index in [0.29, 0.717) is 0 Å². The molecule has 0 radical (unpaired) electrons. The molecule has 1 aromatic carbocycles. The lowest BCUT2D eigenvalue weighted by molar-refractivity contribution is -0.137. The maximum atomic E-state index is 12.4. The second-order valence-electron chi connectivity index (χ2n) is 3.63. The number of rotatable bonds is 1. The molecule has 0 aliphatic carbocycles. The van der Waals surface area contributed by atoms with Crippen LogP contribution in [0.25, 0.3) is 11.4 Å². The Morgan fingerprint density at radius 1 is 1.21 bits per heavy atom. The number of aromatic amines is 1. The van der Waals surface area contributed by atoms with Gasteiger partial charge in [-0.1, -0.05) is 12.1 Å². The third kappa shape index (κ3) is 2.88. The molecule has 0 saturated heterocycles. The summed E-state index contributed by atoms with van der Waals surface area (Å²) in [4.78, 5) is 17.5. The zero-order valence-corrected chi connectivity index (χ0v) is 11.3. The Labute approximate surface area is 118 Å². The topological polar surface area (TPSA) is 66.0 Å². The number of aromatic nitrogens is 2. The molecule has 4 nitrogen and oxygen atoms in total. The molecule has 2 rings (SSSR count). The number of H-pyrrole nitrogens is 1. The summed E-state index contributed by atoms with van der Waals surface area (Å²) in [5.41, 5.74) is -1.08. The Kier molecular flexibility index (Phi) is 3.52. The first-order valence-electron chi connectivity index (χ1n) is 4.95. The van der Waals surface area contributed by atoms with Gasteiger partial charge in [-0.05, 0) is 34.7 Å². The molecule has 2 N–H and O–H groups in total. The summed E-state index contributed by atoms with van der Waals surface area (Å²) >= 11 is 1.62. The molecule has 0 saturated carbocycles. The average molecular weight is 382 g/mol. The average Bonchev–Trinajstić information content (AvgIpc) is 2.34. The van der Waals surface area contributed by atoms with Crippen LogP contribution in [0, 0.1) is 3.57 Å². The SMILES string of the molecule is O=c1[nH]c(-c2ccc(C(F)(F)F)cc2)nc(O)c1I. The fraction of sp³-hybridized carbons (Fsp3) is 0.0909. The van der Waals surface area contributed by atoms with Crippen molar-refractivity contribution in [3.63, 3.8) is 0 Å². The molecule has 8 heteroatoms. The van der Waals surface area contributed by atoms with E-state index in [9.17, 15) is 23.1 Å². The zero-order chi connectivity index (χ0) is 14.2. The summed E-state index contributed by atoms with van der Waals surface area (Å²) in [6, 6.07) is 4.11. The van der Waals surface area contributed by atoms with E-state index in [2.05, 4.69) is 9.97 Å². The minimum absolute atomic E-state index is 0.0108. The van der Waals surface area contributed by atoms with Crippen molar-refractivity contribution in [2.24, 2.45) is 0 Å². The Hall–Kier alpha value is -1.58. The fourth-order valence-electron chi connectivity index (χ4n) is 1.40. The lowest BCUT2D eigenvalue weighted by atomic mass is 10.1. The number of aromatic hydroxyl groups is 1. The van der Waals surface area contributed by atoms with Gasteiger partial charge in [-0.3, -0.25) is 4.79 Å². The smallest absolute Gasteiger partial charge is 0.416 e. The van der Waals surface area contributed by atoms with Crippen LogP contribution in [0.5, 0.6) is 5.88 Å². The molecule has 0 spiro atoms. The second kappa shape index (κ2) is 4.83. The van der Waals surface area contributed by atoms with Crippen LogP contribution in [-0.2, 0) is 6.18 Å². The van der Waals surface area contributed by atoms with E-state index in [4.69, 9.17) is 0 Å². The van der Waals surface area contributed by atoms with Crippen molar-refractivity contribution < 1.29 is 18.3 Å². The van der Waals surface area contributed by atoms with E-state index in [-0.39, 0.29) is 15.0 Å². The van der Waals surface area contributed by atoms with Crippen molar-refractivity contribution in [3.05, 3.63) is 43.8 Å². The molecule has 0 fully saturated rings. The quantitative estimate of drug-likeness (QED) is 0.746. The van der Waals surface area contributed by atoms with Crippen molar-refractivity contribution in [2.75, 3.05) is 0 Å². The fourth-order valence-corrected chi connectivity index (χ4v) is 1.66. The summed E-state index contributed by atoms with van der Waals surface area (Å²) in [5, 5.41) is 9.41. The number of nitrogens with one attached hydrogen (secondary N) is 1. The van der Waals surface area contributed by atoms with Crippen LogP contribution in [0.2, 0.25) is 0 Å². The lowest BCUT2D eigenvalue weighted by Crippen LogP contribution is -2.12. The van der Waals surface area contributed by atoms with Crippen molar-refractivity contribution in [2.45, 2.75) is 6.18 Å². The van der Waals surface area contributed by atoms with Crippen molar-refractivity contribution in [3.8, 4) is 17.3 Å². The first-order valence-corrected chi connectivity index (χ1v) is 6.03. The predicted octanol–water partition coefficient (Wildman–Crippen LogP) is 2.77. The third-order valence-electron chi connectivity index (χ3n) is 2.33. The number of alkyl halides is 3. The molecule has 0 amide bonds. The summed E-state index contributed by atoms with van der Waals surface area (Å²) in [7, 11) is 0. The molecular weight excluding hydrogens is 376 g/mol. The maximum Gasteiger partial charge on any atom is 0.416 e. The summed E-state index contributed by atoms with van der Waals surface area (Å²) < 4.78 is 37.2. The van der Waals surface area contributed by atoms with E-state index in [0.717, 1.165) is 12.1 Å². The van der Waals surface area contributed by atoms with Crippen molar-refractivity contribution in [1.82, 2.24) is 9.97 Å². The Morgan fingerprint density at radius 2 is 1.79 bits per heavy atom. The number of halogens is 4. The number of hydrogen-bond acceptors (Lipinski definition) is 3. The minimum Gasteiger partial charge on any atom is -0.492 e. The van der Waals surface area contributed by atoms with Gasteiger partial charge in [0.05, 0.1) is 5.56 Å². The van der Waals surface area contributed by atoms with Gasteiger partial charge in [-0.15, -0.1) is 0 Å². The van der Waals surface area contributed by atoms with Gasteiger partial charge in [0, 0.05) is 5.56 Å². The Bertz CT molecular complexity index is 665. The standard InChI is InChI=1S/C11H6F3IN2O2/c12-11(13,14)6-3-1-5(2-4-6)8-16-9(18)7(15)10(19)17-8/h1-4H,(H2,16,17,18,19). The molecule has 0 unspecified atom stereocenters. The van der Waals surface area contributed by atoms with Gasteiger partial charge in [0.25, 0.3) is 5.56 Å². The number of nitrogens with zero attached hydrogens (tertiary/aromatic N) is 1. The molecule has 1 aromatic heterocycles. The molecule has 0 aliphatic heterocycles. The normalized spacial score (nSPS) is 11.6. The molecule has 2 aromatic rings. The molecule has 19 heavy (non-hydrogen) atoms. The molecule has 0 aliphatic rings. The summed E-state index contributed by atoms with van der Waals surface area (Å²) in [6.07, 6.45) is -4.42. The molecule has 1 heterocycles. The van der Waals surface area contributed by atoms with Crippen LogP contribution < -0.4 is 5.56 Å². The summed E-state index contributed by atoms with van der Waals surface area (Å²) in [5.74, 6) is -0.448. The van der Waals surface area contributed by atoms with Gasteiger partial charge in [-0.2, -0.15) is 18.2 Å². The van der Waals surface area contributed by atoms with Crippen LogP contribution in [0.1, 0.15) is 5.56 Å². The van der Waals surface area contributed by atoms with Crippen molar-refractivity contribution >= 4 is 22.6 Å². The first kappa shape index (κ1) is 13.8. The Balaban J connectivity index is 2.46. The van der Waals surface area contributed by atoms with Crippen LogP contribution in [0.3, 0.4) is 0 Å². The van der Waals surface area contributed by atoms with Crippen molar-refractivity contribution in [1.29, 1.82) is 0 Å². The van der Waals surface area contributed by atoms with E-state index in [1.165, 1.54) is 12.1 Å². The largest absolute Gasteiger partial charge is 0.492 e. The van der Waals surface area contributed by atoms with Crippen LogP contribution in [0.4, 0.5) is 13.2 Å². The monoisotopic (exact) mass is 382 g/mol. The van der Waals surface area contributed by atoms with E-state index < -0.39 is 23.2 Å². The van der Waals surface area contributed by atoms with Gasteiger partial charge >= 0.3 is 6.18 Å². The van der Waals surface area contributed by atoms with E-state index in [1.54, 1.807) is 22.6 Å². The highest BCUT2D eigenvalue weighted by molar-refractivity contribution is 14.1. The Morgan fingerprint density at radius 3 is 2.26 bits per heavy atom. The van der Waals surface area contributed by atoms with E-state index in [1.807, 2.05) is 0 Å². The molecule has 0 atom stereocenters. The van der Waals surface area contributed by atoms with Gasteiger partial charge in [0.15, 0.2) is 0 Å². The summed E-state index contributed by atoms with van der Waals surface area (Å²) in [6.45, 7) is 0. The highest BCUT2D eigenvalue weighted by atomic mass is 127. The third-order valence-corrected chi connectivity index (χ3v) is 3.30. The molecule has 0 bridgehead atoms. The van der Waals surface area contributed by atoms with Gasteiger partial charge in [0.2, 0.25) is 5.88 Å². The van der Waals surface area contributed by atoms with Gasteiger partial charge in [-0.25, -0.2) is 0 Å². The highest BCUT2D eigenvalue weighted by Crippen LogP contribution is 2.30. The predicted molar refractivity (Wildman–Crippen MR) is 69.7 cm³/mol. The zero-order valence-electron chi connectivity index (χ0n) is 9.12. The van der Waals surface area contributed by atoms with Crippen LogP contribution >= 0.6 is 22.6 Å². The maximum absolute atomic E-state index is 12.4. The van der Waals surface area contributed by atoms with Crippen LogP contribution in [0.15, 0.2) is 29.1 Å². The number of hydrogen-bond donors (Lipinski definition) is 2. The van der Waals surface area contributed by atoms with E-state index >= 15 is 0 Å².